The monoisotopic (exact) mass is 195 g/mol. The summed E-state index contributed by atoms with van der Waals surface area (Å²) < 4.78 is 5.26. The second-order valence-corrected chi connectivity index (χ2v) is 3.49. The highest BCUT2D eigenvalue weighted by Crippen LogP contribution is 2.20. The van der Waals surface area contributed by atoms with Crippen LogP contribution in [0.15, 0.2) is 23.6 Å². The van der Waals surface area contributed by atoms with Crippen molar-refractivity contribution in [3.05, 3.63) is 23.6 Å². The summed E-state index contributed by atoms with van der Waals surface area (Å²) in [6.07, 6.45) is 5.45. The number of ether oxygens (including phenoxy) is 1. The maximum absolute atomic E-state index is 11.8. The van der Waals surface area contributed by atoms with E-state index < -0.39 is 0 Å². The second kappa shape index (κ2) is 4.84. The molecule has 1 rings (SSSR count). The molecule has 3 nitrogen and oxygen atoms in total. The van der Waals surface area contributed by atoms with Gasteiger partial charge in [-0.2, -0.15) is 0 Å². The summed E-state index contributed by atoms with van der Waals surface area (Å²) in [6, 6.07) is 0. The lowest BCUT2D eigenvalue weighted by molar-refractivity contribution is -0.115. The van der Waals surface area contributed by atoms with E-state index >= 15 is 0 Å². The third-order valence-electron chi connectivity index (χ3n) is 1.97. The maximum atomic E-state index is 11.8. The first-order valence-corrected chi connectivity index (χ1v) is 4.90. The molecule has 0 saturated heterocycles. The van der Waals surface area contributed by atoms with Crippen LogP contribution >= 0.6 is 0 Å². The van der Waals surface area contributed by atoms with E-state index in [1.807, 2.05) is 38.2 Å². The summed E-state index contributed by atoms with van der Waals surface area (Å²) in [5.41, 5.74) is 0.834. The average Bonchev–Trinajstić information content (AvgIpc) is 2.11. The van der Waals surface area contributed by atoms with Crippen molar-refractivity contribution in [1.29, 1.82) is 0 Å². The fourth-order valence-electron chi connectivity index (χ4n) is 1.44. The third kappa shape index (κ3) is 2.62. The molecule has 0 saturated carbocycles. The van der Waals surface area contributed by atoms with Gasteiger partial charge in [-0.1, -0.05) is 0 Å². The minimum absolute atomic E-state index is 0.0341. The van der Waals surface area contributed by atoms with Crippen LogP contribution in [0.2, 0.25) is 0 Å². The van der Waals surface area contributed by atoms with Crippen LogP contribution in [0.25, 0.3) is 0 Å². The molecule has 78 valence electrons. The molecular formula is C11H17NO2. The van der Waals surface area contributed by atoms with Crippen molar-refractivity contribution < 1.29 is 9.53 Å². The van der Waals surface area contributed by atoms with Crippen LogP contribution in [0.3, 0.4) is 0 Å². The Labute approximate surface area is 85.0 Å². The molecule has 0 radical (unpaired) electrons. The van der Waals surface area contributed by atoms with E-state index in [1.165, 1.54) is 0 Å². The Morgan fingerprint density at radius 2 is 2.29 bits per heavy atom. The van der Waals surface area contributed by atoms with Crippen molar-refractivity contribution in [1.82, 2.24) is 4.90 Å². The predicted molar refractivity (Wildman–Crippen MR) is 55.7 cm³/mol. The Hall–Kier alpha value is -1.25. The van der Waals surface area contributed by atoms with Crippen LogP contribution in [-0.4, -0.2) is 31.4 Å². The molecule has 0 aromatic carbocycles. The Bertz CT molecular complexity index is 277. The molecule has 3 heteroatoms. The van der Waals surface area contributed by atoms with Crippen molar-refractivity contribution in [2.75, 3.05) is 20.7 Å². The molecule has 0 heterocycles. The van der Waals surface area contributed by atoms with Gasteiger partial charge in [0.05, 0.1) is 6.61 Å². The lowest BCUT2D eigenvalue weighted by atomic mass is 9.99. The smallest absolute Gasteiger partial charge is 0.224 e. The second-order valence-electron chi connectivity index (χ2n) is 3.49. The molecule has 0 aromatic rings. The van der Waals surface area contributed by atoms with E-state index in [-0.39, 0.29) is 5.78 Å². The van der Waals surface area contributed by atoms with Gasteiger partial charge in [0, 0.05) is 25.9 Å². The molecule has 0 aromatic heterocycles. The van der Waals surface area contributed by atoms with Gasteiger partial charge in [-0.25, -0.2) is 0 Å². The highest BCUT2D eigenvalue weighted by atomic mass is 16.5. The minimum atomic E-state index is 0.0341. The van der Waals surface area contributed by atoms with Crippen molar-refractivity contribution >= 4 is 5.78 Å². The largest absolute Gasteiger partial charge is 0.490 e. The van der Waals surface area contributed by atoms with Gasteiger partial charge in [0.1, 0.15) is 0 Å². The Morgan fingerprint density at radius 1 is 1.57 bits per heavy atom. The first kappa shape index (κ1) is 10.8. The zero-order valence-corrected chi connectivity index (χ0v) is 9.04. The van der Waals surface area contributed by atoms with Crippen molar-refractivity contribution in [2.45, 2.75) is 19.8 Å². The lowest BCUT2D eigenvalue weighted by Crippen LogP contribution is -2.16. The highest BCUT2D eigenvalue weighted by Gasteiger charge is 2.20. The number of allylic oxidation sites excluding steroid dienone is 2. The first-order valence-electron chi connectivity index (χ1n) is 4.90. The number of hydrogen-bond acceptors (Lipinski definition) is 3. The Kier molecular flexibility index (Phi) is 3.74. The number of ketones is 1. The topological polar surface area (TPSA) is 29.5 Å². The summed E-state index contributed by atoms with van der Waals surface area (Å²) >= 11 is 0. The summed E-state index contributed by atoms with van der Waals surface area (Å²) in [5.74, 6) is 0.540. The number of Topliss-reactive ketones (excluding diaryl/α,β-unsaturated/α-hetero) is 1. The van der Waals surface area contributed by atoms with Crippen molar-refractivity contribution in [2.24, 2.45) is 0 Å². The van der Waals surface area contributed by atoms with Gasteiger partial charge in [-0.05, 0) is 25.8 Å². The van der Waals surface area contributed by atoms with Gasteiger partial charge in [0.15, 0.2) is 5.76 Å². The Balaban J connectivity index is 2.77. The molecule has 0 fully saturated rings. The van der Waals surface area contributed by atoms with E-state index in [4.69, 9.17) is 4.74 Å². The molecule has 0 atom stereocenters. The SMILES string of the molecule is CCOC1=CCC/C(=C\N(C)C)C1=O. The molecule has 0 amide bonds. The zero-order valence-electron chi connectivity index (χ0n) is 9.04. The predicted octanol–water partition coefficient (Wildman–Crippen LogP) is 1.72. The minimum Gasteiger partial charge on any atom is -0.490 e. The number of nitrogens with zero attached hydrogens (tertiary/aromatic N) is 1. The number of carbonyl (C=O) groups excluding carboxylic acids is 1. The molecule has 1 aliphatic carbocycles. The number of hydrogen-bond donors (Lipinski definition) is 0. The van der Waals surface area contributed by atoms with E-state index in [0.717, 1.165) is 18.4 Å². The van der Waals surface area contributed by atoms with Crippen LogP contribution in [-0.2, 0) is 9.53 Å². The van der Waals surface area contributed by atoms with Gasteiger partial charge >= 0.3 is 0 Å². The van der Waals surface area contributed by atoms with Crippen molar-refractivity contribution in [3.8, 4) is 0 Å². The average molecular weight is 195 g/mol. The lowest BCUT2D eigenvalue weighted by Gasteiger charge is -2.16. The normalized spacial score (nSPS) is 19.5. The summed E-state index contributed by atoms with van der Waals surface area (Å²) in [5, 5.41) is 0. The quantitative estimate of drug-likeness (QED) is 0.642. The van der Waals surface area contributed by atoms with Crippen LogP contribution in [0.4, 0.5) is 0 Å². The zero-order chi connectivity index (χ0) is 10.6. The molecule has 1 aliphatic rings. The van der Waals surface area contributed by atoms with E-state index in [0.29, 0.717) is 12.4 Å². The fourth-order valence-corrected chi connectivity index (χ4v) is 1.44. The summed E-state index contributed by atoms with van der Waals surface area (Å²) in [4.78, 5) is 13.7. The molecule has 0 bridgehead atoms. The van der Waals surface area contributed by atoms with E-state index in [2.05, 4.69) is 0 Å². The maximum Gasteiger partial charge on any atom is 0.224 e. The third-order valence-corrected chi connectivity index (χ3v) is 1.97. The van der Waals surface area contributed by atoms with E-state index in [9.17, 15) is 4.79 Å². The molecule has 14 heavy (non-hydrogen) atoms. The van der Waals surface area contributed by atoms with Crippen LogP contribution in [0.1, 0.15) is 19.8 Å². The van der Waals surface area contributed by atoms with Gasteiger partial charge in [-0.3, -0.25) is 4.79 Å². The van der Waals surface area contributed by atoms with Gasteiger partial charge in [0.25, 0.3) is 0 Å². The molecule has 0 aliphatic heterocycles. The summed E-state index contributed by atoms with van der Waals surface area (Å²) in [6.45, 7) is 2.44. The van der Waals surface area contributed by atoms with Crippen LogP contribution in [0.5, 0.6) is 0 Å². The Morgan fingerprint density at radius 3 is 2.86 bits per heavy atom. The fraction of sp³-hybridized carbons (Fsp3) is 0.545. The number of rotatable bonds is 3. The summed E-state index contributed by atoms with van der Waals surface area (Å²) in [7, 11) is 3.83. The molecule has 0 unspecified atom stereocenters. The number of carbonyl (C=O) groups is 1. The molecule has 0 N–H and O–H groups in total. The molecule has 0 spiro atoms. The van der Waals surface area contributed by atoms with Gasteiger partial charge in [-0.15, -0.1) is 0 Å². The van der Waals surface area contributed by atoms with Crippen LogP contribution < -0.4 is 0 Å². The van der Waals surface area contributed by atoms with Gasteiger partial charge in [0.2, 0.25) is 5.78 Å². The highest BCUT2D eigenvalue weighted by molar-refractivity contribution is 6.07. The standard InChI is InChI=1S/C11H17NO2/c1-4-14-10-7-5-6-9(11(10)13)8-12(2)3/h7-8H,4-6H2,1-3H3/b9-8+. The molecular weight excluding hydrogens is 178 g/mol. The van der Waals surface area contributed by atoms with Crippen molar-refractivity contribution in [3.63, 3.8) is 0 Å². The van der Waals surface area contributed by atoms with Gasteiger partial charge < -0.3 is 9.64 Å². The van der Waals surface area contributed by atoms with E-state index in [1.54, 1.807) is 0 Å². The van der Waals surface area contributed by atoms with Crippen LogP contribution in [0, 0.1) is 0 Å². The first-order chi connectivity index (χ1) is 6.65.